The van der Waals surface area contributed by atoms with Crippen LogP contribution in [-0.2, 0) is 16.1 Å². The molecule has 1 aliphatic rings. The van der Waals surface area contributed by atoms with E-state index in [1.165, 1.54) is 11.3 Å². The molecule has 2 N–H and O–H groups in total. The molecule has 0 saturated heterocycles. The first-order chi connectivity index (χ1) is 12.4. The average molecular weight is 390 g/mol. The van der Waals surface area contributed by atoms with E-state index in [0.29, 0.717) is 39.1 Å². The van der Waals surface area contributed by atoms with Crippen LogP contribution in [-0.4, -0.2) is 26.7 Å². The lowest BCUT2D eigenvalue weighted by molar-refractivity contribution is -0.137. The Balaban J connectivity index is 1.90. The highest BCUT2D eigenvalue weighted by Gasteiger charge is 2.25. The van der Waals surface area contributed by atoms with E-state index in [4.69, 9.17) is 17.3 Å². The lowest BCUT2D eigenvalue weighted by atomic mass is 10.1. The summed E-state index contributed by atoms with van der Waals surface area (Å²) >= 11 is 6.55. The molecule has 3 rings (SSSR count). The molecule has 2 aromatic rings. The third kappa shape index (κ3) is 3.61. The van der Waals surface area contributed by atoms with Crippen LogP contribution >= 0.6 is 23.6 Å². The van der Waals surface area contributed by atoms with Gasteiger partial charge in [0, 0.05) is 18.2 Å². The first-order valence-corrected chi connectivity index (χ1v) is 9.49. The number of rotatable bonds is 7. The Morgan fingerprint density at radius 3 is 2.81 bits per heavy atom. The zero-order valence-corrected chi connectivity index (χ0v) is 15.8. The molecule has 2 heterocycles. The van der Waals surface area contributed by atoms with Crippen LogP contribution in [0.15, 0.2) is 23.2 Å². The Morgan fingerprint density at radius 1 is 1.31 bits per heavy atom. The molecule has 0 spiro atoms. The smallest absolute Gasteiger partial charge is 0.303 e. The van der Waals surface area contributed by atoms with Crippen molar-refractivity contribution in [3.8, 4) is 5.88 Å². The molecular formula is C18H18N2O4S2. The number of fused-ring (bicyclic) bond motifs is 1. The summed E-state index contributed by atoms with van der Waals surface area (Å²) in [5.41, 5.74) is 1.40. The van der Waals surface area contributed by atoms with Crippen molar-refractivity contribution in [1.82, 2.24) is 4.57 Å². The second kappa shape index (κ2) is 7.51. The number of aliphatic carboxylic acids is 1. The summed E-state index contributed by atoms with van der Waals surface area (Å²) in [4.78, 5) is 27.4. The number of carbonyl (C=O) groups excluding carboxylic acids is 1. The lowest BCUT2D eigenvalue weighted by Crippen LogP contribution is -2.23. The number of aromatic nitrogens is 1. The van der Waals surface area contributed by atoms with Gasteiger partial charge in [0.15, 0.2) is 3.95 Å². The quantitative estimate of drug-likeness (QED) is 0.559. The zero-order valence-electron chi connectivity index (χ0n) is 14.2. The highest BCUT2D eigenvalue weighted by molar-refractivity contribution is 7.73. The maximum absolute atomic E-state index is 12.4. The monoisotopic (exact) mass is 390 g/mol. The Bertz CT molecular complexity index is 1070. The van der Waals surface area contributed by atoms with Gasteiger partial charge in [-0.3, -0.25) is 14.2 Å². The van der Waals surface area contributed by atoms with Gasteiger partial charge in [-0.1, -0.05) is 18.1 Å². The lowest BCUT2D eigenvalue weighted by Gasteiger charge is -2.05. The van der Waals surface area contributed by atoms with Gasteiger partial charge in [0.2, 0.25) is 5.88 Å². The average Bonchev–Trinajstić information content (AvgIpc) is 3.03. The van der Waals surface area contributed by atoms with E-state index in [2.05, 4.69) is 4.99 Å². The van der Waals surface area contributed by atoms with Gasteiger partial charge in [0.1, 0.15) is 4.88 Å². The molecule has 0 bridgehead atoms. The molecule has 0 saturated carbocycles. The van der Waals surface area contributed by atoms with E-state index < -0.39 is 5.97 Å². The number of aryl methyl sites for hydroxylation is 1. The van der Waals surface area contributed by atoms with Gasteiger partial charge in [0.25, 0.3) is 5.91 Å². The minimum Gasteiger partial charge on any atom is -0.493 e. The predicted molar refractivity (Wildman–Crippen MR) is 100 cm³/mol. The van der Waals surface area contributed by atoms with Gasteiger partial charge < -0.3 is 10.2 Å². The van der Waals surface area contributed by atoms with E-state index in [1.54, 1.807) is 10.6 Å². The van der Waals surface area contributed by atoms with Crippen molar-refractivity contribution in [2.45, 2.75) is 39.2 Å². The number of hydrogen-bond donors (Lipinski definition) is 2. The third-order valence-electron chi connectivity index (χ3n) is 4.23. The third-order valence-corrected chi connectivity index (χ3v) is 5.68. The largest absolute Gasteiger partial charge is 0.493 e. The van der Waals surface area contributed by atoms with Crippen LogP contribution in [0.1, 0.15) is 36.1 Å². The minimum atomic E-state index is -0.809. The number of thiazole rings is 1. The molecule has 0 atom stereocenters. The van der Waals surface area contributed by atoms with Gasteiger partial charge >= 0.3 is 5.97 Å². The number of benzene rings is 1. The van der Waals surface area contributed by atoms with Crippen LogP contribution in [0.25, 0.3) is 5.57 Å². The molecule has 0 aliphatic carbocycles. The fourth-order valence-corrected chi connectivity index (χ4v) is 4.32. The van der Waals surface area contributed by atoms with E-state index in [1.807, 2.05) is 19.1 Å². The fourth-order valence-electron chi connectivity index (χ4n) is 2.93. The summed E-state index contributed by atoms with van der Waals surface area (Å²) in [5, 5.41) is 20.6. The first-order valence-electron chi connectivity index (χ1n) is 8.27. The highest BCUT2D eigenvalue weighted by Crippen LogP contribution is 2.32. The second-order valence-corrected chi connectivity index (χ2v) is 7.83. The van der Waals surface area contributed by atoms with Crippen molar-refractivity contribution in [2.75, 3.05) is 0 Å². The van der Waals surface area contributed by atoms with Crippen LogP contribution in [0.2, 0.25) is 0 Å². The number of amides is 1. The molecule has 6 nitrogen and oxygen atoms in total. The number of nitrogens with zero attached hydrogens (tertiary/aromatic N) is 2. The predicted octanol–water partition coefficient (Wildman–Crippen LogP) is 2.30. The summed E-state index contributed by atoms with van der Waals surface area (Å²) in [6, 6.07) is 5.57. The van der Waals surface area contributed by atoms with Crippen LogP contribution < -0.4 is 10.6 Å². The standard InChI is InChI=1S/C18H18N2O4S2/c1-10-6-7-12-11(9-10)14(16(23)19-12)15-17(24)20(18(25)26-15)8-4-2-3-5-13(21)22/h6-7,9,24H,2-5,8H2,1H3,(H,21,22). The van der Waals surface area contributed by atoms with Gasteiger partial charge in [-0.2, -0.15) is 0 Å². The van der Waals surface area contributed by atoms with Crippen molar-refractivity contribution in [3.63, 3.8) is 0 Å². The van der Waals surface area contributed by atoms with Crippen molar-refractivity contribution < 1.29 is 19.8 Å². The van der Waals surface area contributed by atoms with E-state index in [9.17, 15) is 14.7 Å². The number of unbranched alkanes of at least 4 members (excludes halogenated alkanes) is 2. The summed E-state index contributed by atoms with van der Waals surface area (Å²) < 4.78 is 2.08. The molecular weight excluding hydrogens is 372 g/mol. The van der Waals surface area contributed by atoms with Crippen molar-refractivity contribution in [2.24, 2.45) is 4.99 Å². The molecule has 1 amide bonds. The number of hydrogen-bond acceptors (Lipinski definition) is 5. The molecule has 1 aromatic heterocycles. The summed E-state index contributed by atoms with van der Waals surface area (Å²) in [5.74, 6) is -1.20. The van der Waals surface area contributed by atoms with Gasteiger partial charge in [0.05, 0.1) is 10.9 Å². The highest BCUT2D eigenvalue weighted by atomic mass is 32.1. The summed E-state index contributed by atoms with van der Waals surface area (Å²) in [6.45, 7) is 2.42. The number of carboxylic acid groups (broad SMARTS) is 1. The van der Waals surface area contributed by atoms with E-state index >= 15 is 0 Å². The van der Waals surface area contributed by atoms with Gasteiger partial charge in [-0.15, -0.1) is 11.3 Å². The molecule has 136 valence electrons. The topological polar surface area (TPSA) is 91.9 Å². The summed E-state index contributed by atoms with van der Waals surface area (Å²) in [7, 11) is 0. The normalized spacial score (nSPS) is 13.0. The number of carbonyl (C=O) groups is 2. The number of carboxylic acids is 1. The molecule has 1 aliphatic heterocycles. The molecule has 26 heavy (non-hydrogen) atoms. The Kier molecular flexibility index (Phi) is 5.33. The van der Waals surface area contributed by atoms with Crippen LogP contribution in [0.4, 0.5) is 0 Å². The van der Waals surface area contributed by atoms with Crippen molar-refractivity contribution in [3.05, 3.63) is 43.2 Å². The van der Waals surface area contributed by atoms with Gasteiger partial charge in [-0.05, 0) is 44.1 Å². The maximum Gasteiger partial charge on any atom is 0.303 e. The first kappa shape index (κ1) is 18.5. The Labute approximate surface area is 158 Å². The molecule has 8 heteroatoms. The summed E-state index contributed by atoms with van der Waals surface area (Å²) in [6.07, 6.45) is 2.15. The Morgan fingerprint density at radius 2 is 2.08 bits per heavy atom. The van der Waals surface area contributed by atoms with Gasteiger partial charge in [-0.25, -0.2) is 4.99 Å². The maximum atomic E-state index is 12.4. The zero-order chi connectivity index (χ0) is 18.8. The molecule has 1 aromatic carbocycles. The van der Waals surface area contributed by atoms with Crippen LogP contribution in [0, 0.1) is 10.9 Å². The van der Waals surface area contributed by atoms with E-state index in [-0.39, 0.29) is 18.2 Å². The Hall–Kier alpha value is -2.32. The number of aromatic hydroxyl groups is 1. The van der Waals surface area contributed by atoms with Crippen molar-refractivity contribution in [1.29, 1.82) is 0 Å². The fraction of sp³-hybridized carbons (Fsp3) is 0.333. The molecule has 0 unspecified atom stereocenters. The van der Waals surface area contributed by atoms with Crippen molar-refractivity contribution >= 4 is 41.0 Å². The second-order valence-electron chi connectivity index (χ2n) is 6.19. The minimum absolute atomic E-state index is 0.0221. The van der Waals surface area contributed by atoms with Crippen LogP contribution in [0.5, 0.6) is 5.88 Å². The van der Waals surface area contributed by atoms with E-state index in [0.717, 1.165) is 17.2 Å². The molecule has 0 fully saturated rings. The SMILES string of the molecule is Cc1ccc2c(c1)=C(c1sc(=S)n(CCCCCC(=O)O)c1O)C(=O)N=2. The molecule has 0 radical (unpaired) electrons. The van der Waals surface area contributed by atoms with Crippen LogP contribution in [0.3, 0.4) is 0 Å².